The molecule has 0 spiro atoms. The normalized spacial score (nSPS) is 12.2. The molecule has 1 N–H and O–H groups in total. The van der Waals surface area contributed by atoms with Gasteiger partial charge in [0.05, 0.1) is 11.9 Å². The first kappa shape index (κ1) is 28.7. The molecule has 1 atom stereocenters. The van der Waals surface area contributed by atoms with Crippen LogP contribution in [0.25, 0.3) is 0 Å². The first-order valence-corrected chi connectivity index (χ1v) is 14.1. The maximum absolute atomic E-state index is 13.7. The lowest BCUT2D eigenvalue weighted by Crippen LogP contribution is -2.52. The van der Waals surface area contributed by atoms with E-state index in [1.165, 1.54) is 4.90 Å². The number of hydrogen-bond acceptors (Lipinski definition) is 4. The Morgan fingerprint density at radius 2 is 1.69 bits per heavy atom. The molecule has 0 bridgehead atoms. The Kier molecular flexibility index (Phi) is 10.6. The second kappa shape index (κ2) is 12.9. The lowest BCUT2D eigenvalue weighted by atomic mass is 10.1. The van der Waals surface area contributed by atoms with E-state index in [0.717, 1.165) is 34.5 Å². The smallest absolute Gasteiger partial charge is 0.244 e. The zero-order valence-electron chi connectivity index (χ0n) is 21.2. The molecule has 2 amide bonds. The lowest BCUT2D eigenvalue weighted by molar-refractivity contribution is -0.140. The summed E-state index contributed by atoms with van der Waals surface area (Å²) in [5, 5.41) is 3.38. The van der Waals surface area contributed by atoms with Crippen molar-refractivity contribution in [3.05, 3.63) is 64.2 Å². The molecule has 0 saturated heterocycles. The summed E-state index contributed by atoms with van der Waals surface area (Å²) in [6.45, 7) is 7.77. The summed E-state index contributed by atoms with van der Waals surface area (Å²) in [4.78, 5) is 28.2. The van der Waals surface area contributed by atoms with Crippen LogP contribution in [-0.4, -0.2) is 50.5 Å². The predicted octanol–water partition coefficient (Wildman–Crippen LogP) is 4.45. The number of carbonyl (C=O) groups is 2. The maximum Gasteiger partial charge on any atom is 0.244 e. The van der Waals surface area contributed by atoms with E-state index in [9.17, 15) is 18.0 Å². The second-order valence-electron chi connectivity index (χ2n) is 8.80. The van der Waals surface area contributed by atoms with Gasteiger partial charge in [-0.05, 0) is 61.6 Å². The molecular formula is C26H36ClN3O4S. The molecule has 0 aliphatic rings. The third-order valence-electron chi connectivity index (χ3n) is 5.69. The van der Waals surface area contributed by atoms with Crippen LogP contribution in [0.5, 0.6) is 0 Å². The first-order valence-electron chi connectivity index (χ1n) is 11.8. The summed E-state index contributed by atoms with van der Waals surface area (Å²) in [6, 6.07) is 11.7. The van der Waals surface area contributed by atoms with E-state index in [-0.39, 0.29) is 12.5 Å². The minimum Gasteiger partial charge on any atom is -0.354 e. The van der Waals surface area contributed by atoms with Crippen LogP contribution >= 0.6 is 11.6 Å². The second-order valence-corrected chi connectivity index (χ2v) is 11.1. The van der Waals surface area contributed by atoms with Crippen molar-refractivity contribution < 1.29 is 18.0 Å². The quantitative estimate of drug-likeness (QED) is 0.418. The molecule has 7 nitrogen and oxygen atoms in total. The van der Waals surface area contributed by atoms with Crippen molar-refractivity contribution in [3.8, 4) is 0 Å². The SMILES string of the molecule is CCCCNC(=O)[C@H](CC)N(Cc1ccccc1Cl)C(=O)CN(c1cc(C)cc(C)c1)S(C)(=O)=O. The van der Waals surface area contributed by atoms with Crippen LogP contribution < -0.4 is 9.62 Å². The Balaban J connectivity index is 2.45. The van der Waals surface area contributed by atoms with Crippen LogP contribution in [0.2, 0.25) is 5.02 Å². The van der Waals surface area contributed by atoms with Gasteiger partial charge in [0.25, 0.3) is 0 Å². The number of halogens is 1. The summed E-state index contributed by atoms with van der Waals surface area (Å²) >= 11 is 6.37. The predicted molar refractivity (Wildman–Crippen MR) is 142 cm³/mol. The Hall–Kier alpha value is -2.58. The molecule has 0 saturated carbocycles. The fourth-order valence-electron chi connectivity index (χ4n) is 3.94. The molecule has 0 fully saturated rings. The van der Waals surface area contributed by atoms with Gasteiger partial charge in [0, 0.05) is 18.1 Å². The number of aryl methyl sites for hydroxylation is 2. The molecule has 0 radical (unpaired) electrons. The molecule has 0 heterocycles. The molecule has 0 aromatic heterocycles. The highest BCUT2D eigenvalue weighted by molar-refractivity contribution is 7.92. The highest BCUT2D eigenvalue weighted by Crippen LogP contribution is 2.24. The molecule has 0 unspecified atom stereocenters. The fourth-order valence-corrected chi connectivity index (χ4v) is 4.97. The molecule has 2 rings (SSSR count). The molecule has 2 aromatic rings. The van der Waals surface area contributed by atoms with E-state index < -0.39 is 28.5 Å². The van der Waals surface area contributed by atoms with Gasteiger partial charge in [-0.2, -0.15) is 0 Å². The Morgan fingerprint density at radius 3 is 2.23 bits per heavy atom. The summed E-state index contributed by atoms with van der Waals surface area (Å²) < 4.78 is 26.5. The number of unbranched alkanes of at least 4 members (excludes halogenated alkanes) is 1. The molecule has 9 heteroatoms. The van der Waals surface area contributed by atoms with Gasteiger partial charge in [-0.15, -0.1) is 0 Å². The highest BCUT2D eigenvalue weighted by Gasteiger charge is 2.32. The van der Waals surface area contributed by atoms with E-state index in [1.807, 2.05) is 39.8 Å². The van der Waals surface area contributed by atoms with E-state index in [2.05, 4.69) is 5.32 Å². The Labute approximate surface area is 214 Å². The largest absolute Gasteiger partial charge is 0.354 e. The number of carbonyl (C=O) groups excluding carboxylic acids is 2. The van der Waals surface area contributed by atoms with Crippen molar-refractivity contribution >= 4 is 39.1 Å². The van der Waals surface area contributed by atoms with Crippen molar-refractivity contribution in [2.75, 3.05) is 23.7 Å². The molecule has 35 heavy (non-hydrogen) atoms. The Morgan fingerprint density at radius 1 is 1.06 bits per heavy atom. The molecule has 0 aliphatic carbocycles. The van der Waals surface area contributed by atoms with Crippen LogP contribution in [0.1, 0.15) is 49.8 Å². The highest BCUT2D eigenvalue weighted by atomic mass is 35.5. The molecule has 192 valence electrons. The van der Waals surface area contributed by atoms with Gasteiger partial charge in [0.1, 0.15) is 12.6 Å². The van der Waals surface area contributed by atoms with E-state index in [0.29, 0.717) is 29.2 Å². The van der Waals surface area contributed by atoms with Crippen LogP contribution in [0.4, 0.5) is 5.69 Å². The van der Waals surface area contributed by atoms with Gasteiger partial charge in [0.15, 0.2) is 0 Å². The first-order chi connectivity index (χ1) is 16.5. The van der Waals surface area contributed by atoms with E-state index >= 15 is 0 Å². The van der Waals surface area contributed by atoms with Crippen molar-refractivity contribution in [3.63, 3.8) is 0 Å². The number of sulfonamides is 1. The summed E-state index contributed by atoms with van der Waals surface area (Å²) in [5.74, 6) is -0.745. The summed E-state index contributed by atoms with van der Waals surface area (Å²) in [5.41, 5.74) is 2.86. The zero-order valence-corrected chi connectivity index (χ0v) is 22.7. The van der Waals surface area contributed by atoms with Crippen LogP contribution in [0.15, 0.2) is 42.5 Å². The minimum atomic E-state index is -3.77. The third kappa shape index (κ3) is 8.25. The van der Waals surface area contributed by atoms with E-state index in [1.54, 1.807) is 30.3 Å². The van der Waals surface area contributed by atoms with Crippen LogP contribution in [0, 0.1) is 13.8 Å². The van der Waals surface area contributed by atoms with Crippen molar-refractivity contribution in [2.24, 2.45) is 0 Å². The Bertz CT molecular complexity index is 1120. The number of nitrogens with one attached hydrogen (secondary N) is 1. The van der Waals surface area contributed by atoms with Gasteiger partial charge in [-0.3, -0.25) is 13.9 Å². The third-order valence-corrected chi connectivity index (χ3v) is 7.20. The van der Waals surface area contributed by atoms with Crippen LogP contribution in [-0.2, 0) is 26.2 Å². The fraction of sp³-hybridized carbons (Fsp3) is 0.462. The van der Waals surface area contributed by atoms with Gasteiger partial charge in [-0.1, -0.05) is 56.1 Å². The minimum absolute atomic E-state index is 0.0860. The summed E-state index contributed by atoms with van der Waals surface area (Å²) in [6.07, 6.45) is 3.20. The summed E-state index contributed by atoms with van der Waals surface area (Å²) in [7, 11) is -3.77. The van der Waals surface area contributed by atoms with Crippen molar-refractivity contribution in [1.82, 2.24) is 10.2 Å². The number of hydrogen-bond donors (Lipinski definition) is 1. The number of nitrogens with zero attached hydrogens (tertiary/aromatic N) is 2. The topological polar surface area (TPSA) is 86.8 Å². The number of anilines is 1. The lowest BCUT2D eigenvalue weighted by Gasteiger charge is -2.33. The van der Waals surface area contributed by atoms with Crippen LogP contribution in [0.3, 0.4) is 0 Å². The van der Waals surface area contributed by atoms with Gasteiger partial charge < -0.3 is 10.2 Å². The zero-order chi connectivity index (χ0) is 26.2. The number of rotatable bonds is 12. The van der Waals surface area contributed by atoms with Gasteiger partial charge in [-0.25, -0.2) is 8.42 Å². The molecule has 0 aliphatic heterocycles. The number of benzene rings is 2. The average molecular weight is 522 g/mol. The molecular weight excluding hydrogens is 486 g/mol. The van der Waals surface area contributed by atoms with E-state index in [4.69, 9.17) is 11.6 Å². The average Bonchev–Trinajstić information content (AvgIpc) is 2.77. The van der Waals surface area contributed by atoms with Crippen molar-refractivity contribution in [1.29, 1.82) is 0 Å². The van der Waals surface area contributed by atoms with Gasteiger partial charge in [0.2, 0.25) is 21.8 Å². The standard InChI is InChI=1S/C26H36ClN3O4S/c1-6-8-13-28-26(32)24(7-2)29(17-21-11-9-10-12-23(21)27)25(31)18-30(35(5,33)34)22-15-19(3)14-20(4)16-22/h9-12,14-16,24H,6-8,13,17-18H2,1-5H3,(H,28,32)/t24-/m0/s1. The van der Waals surface area contributed by atoms with Crippen molar-refractivity contribution in [2.45, 2.75) is 59.5 Å². The maximum atomic E-state index is 13.7. The van der Waals surface area contributed by atoms with Gasteiger partial charge >= 0.3 is 0 Å². The molecule has 2 aromatic carbocycles. The number of amides is 2. The monoisotopic (exact) mass is 521 g/mol.